The van der Waals surface area contributed by atoms with Crippen molar-refractivity contribution in [1.82, 2.24) is 0 Å². The molecule has 2 rings (SSSR count). The summed E-state index contributed by atoms with van der Waals surface area (Å²) >= 11 is 3.14. The van der Waals surface area contributed by atoms with Gasteiger partial charge in [-0.3, -0.25) is 4.72 Å². The van der Waals surface area contributed by atoms with E-state index in [0.29, 0.717) is 5.56 Å². The van der Waals surface area contributed by atoms with Crippen LogP contribution in [0.1, 0.15) is 33.2 Å². The van der Waals surface area contributed by atoms with E-state index in [0.717, 1.165) is 0 Å². The van der Waals surface area contributed by atoms with Gasteiger partial charge in [-0.15, -0.1) is 0 Å². The Balaban J connectivity index is 2.44. The number of carboxylic acids is 1. The highest BCUT2D eigenvalue weighted by molar-refractivity contribution is 9.10. The maximum Gasteiger partial charge on any atom is 0.338 e. The molecule has 0 amide bonds. The number of esters is 1. The van der Waals surface area contributed by atoms with E-state index in [1.165, 1.54) is 30.3 Å². The van der Waals surface area contributed by atoms with Crippen molar-refractivity contribution in [3.8, 4) is 0 Å². The number of aryl methyl sites for hydroxylation is 1. The quantitative estimate of drug-likeness (QED) is 0.664. The van der Waals surface area contributed by atoms with Crippen molar-refractivity contribution in [2.75, 3.05) is 11.3 Å². The predicted octanol–water partition coefficient (Wildman–Crippen LogP) is 3.43. The van der Waals surface area contributed by atoms with Crippen molar-refractivity contribution < 1.29 is 27.9 Å². The monoisotopic (exact) mass is 441 g/mol. The third-order valence-electron chi connectivity index (χ3n) is 3.47. The fraction of sp³-hybridized carbons (Fsp3) is 0.176. The number of carbonyl (C=O) groups is 2. The Morgan fingerprint density at radius 3 is 2.50 bits per heavy atom. The summed E-state index contributed by atoms with van der Waals surface area (Å²) in [5.41, 5.74) is 0.488. The largest absolute Gasteiger partial charge is 0.478 e. The van der Waals surface area contributed by atoms with Crippen LogP contribution in [0.15, 0.2) is 45.8 Å². The first-order valence-electron chi connectivity index (χ1n) is 7.49. The van der Waals surface area contributed by atoms with Crippen LogP contribution in [0, 0.1) is 6.92 Å². The Morgan fingerprint density at radius 2 is 1.92 bits per heavy atom. The van der Waals surface area contributed by atoms with Crippen LogP contribution >= 0.6 is 15.9 Å². The van der Waals surface area contributed by atoms with E-state index in [1.54, 1.807) is 19.9 Å². The third kappa shape index (κ3) is 4.23. The lowest BCUT2D eigenvalue weighted by molar-refractivity contribution is 0.0525. The number of benzene rings is 2. The fourth-order valence-corrected chi connectivity index (χ4v) is 4.46. The highest BCUT2D eigenvalue weighted by atomic mass is 79.9. The Labute approximate surface area is 159 Å². The van der Waals surface area contributed by atoms with Crippen molar-refractivity contribution in [2.45, 2.75) is 18.7 Å². The molecule has 0 spiro atoms. The van der Waals surface area contributed by atoms with Crippen LogP contribution in [0.3, 0.4) is 0 Å². The van der Waals surface area contributed by atoms with Crippen molar-refractivity contribution in [1.29, 1.82) is 0 Å². The van der Waals surface area contributed by atoms with Crippen LogP contribution in [0.5, 0.6) is 0 Å². The van der Waals surface area contributed by atoms with E-state index < -0.39 is 22.0 Å². The first kappa shape index (κ1) is 19.9. The molecule has 2 aromatic rings. The molecule has 0 aliphatic heterocycles. The molecule has 0 heterocycles. The number of carbonyl (C=O) groups excluding carboxylic acids is 1. The van der Waals surface area contributed by atoms with E-state index in [9.17, 15) is 23.1 Å². The number of anilines is 1. The summed E-state index contributed by atoms with van der Waals surface area (Å²) in [6, 6.07) is 8.35. The summed E-state index contributed by atoms with van der Waals surface area (Å²) in [4.78, 5) is 23.0. The number of carboxylic acid groups (broad SMARTS) is 1. The van der Waals surface area contributed by atoms with Crippen molar-refractivity contribution in [2.24, 2.45) is 0 Å². The molecule has 0 fully saturated rings. The van der Waals surface area contributed by atoms with Gasteiger partial charge in [-0.2, -0.15) is 0 Å². The van der Waals surface area contributed by atoms with Gasteiger partial charge in [-0.25, -0.2) is 18.0 Å². The zero-order valence-electron chi connectivity index (χ0n) is 13.9. The average Bonchev–Trinajstić information content (AvgIpc) is 2.56. The van der Waals surface area contributed by atoms with Gasteiger partial charge in [0.05, 0.1) is 23.4 Å². The summed E-state index contributed by atoms with van der Waals surface area (Å²) in [5, 5.41) is 9.26. The molecule has 2 aromatic carbocycles. The predicted molar refractivity (Wildman–Crippen MR) is 99.0 cm³/mol. The number of para-hydroxylation sites is 1. The van der Waals surface area contributed by atoms with Gasteiger partial charge < -0.3 is 9.84 Å². The summed E-state index contributed by atoms with van der Waals surface area (Å²) in [7, 11) is -4.09. The molecule has 0 aliphatic rings. The van der Waals surface area contributed by atoms with Gasteiger partial charge in [0.2, 0.25) is 0 Å². The van der Waals surface area contributed by atoms with Crippen LogP contribution in [-0.2, 0) is 14.8 Å². The van der Waals surface area contributed by atoms with Gasteiger partial charge in [0, 0.05) is 4.47 Å². The summed E-state index contributed by atoms with van der Waals surface area (Å²) in [5.74, 6) is -1.82. The number of sulfonamides is 1. The number of hydrogen-bond donors (Lipinski definition) is 2. The first-order chi connectivity index (χ1) is 12.2. The minimum atomic E-state index is -4.09. The average molecular weight is 442 g/mol. The van der Waals surface area contributed by atoms with E-state index >= 15 is 0 Å². The molecule has 0 unspecified atom stereocenters. The second kappa shape index (κ2) is 7.88. The number of nitrogens with one attached hydrogen (secondary N) is 1. The minimum Gasteiger partial charge on any atom is -0.478 e. The van der Waals surface area contributed by atoms with E-state index in [4.69, 9.17) is 4.74 Å². The number of ether oxygens (including phenoxy) is 1. The van der Waals surface area contributed by atoms with Gasteiger partial charge in [0.25, 0.3) is 10.0 Å². The maximum atomic E-state index is 12.7. The number of aromatic carboxylic acids is 1. The Kier molecular flexibility index (Phi) is 6.04. The number of hydrogen-bond acceptors (Lipinski definition) is 5. The second-order valence-corrected chi connectivity index (χ2v) is 7.78. The normalized spacial score (nSPS) is 11.0. The lowest BCUT2D eigenvalue weighted by Crippen LogP contribution is -2.17. The molecule has 9 heteroatoms. The van der Waals surface area contributed by atoms with Crippen LogP contribution in [0.2, 0.25) is 0 Å². The number of halogens is 1. The second-order valence-electron chi connectivity index (χ2n) is 5.27. The molecule has 7 nitrogen and oxygen atoms in total. The Bertz CT molecular complexity index is 971. The highest BCUT2D eigenvalue weighted by Gasteiger charge is 2.23. The van der Waals surface area contributed by atoms with Crippen molar-refractivity contribution in [3.63, 3.8) is 0 Å². The topological polar surface area (TPSA) is 110 Å². The zero-order chi connectivity index (χ0) is 19.5. The smallest absolute Gasteiger partial charge is 0.338 e. The highest BCUT2D eigenvalue weighted by Crippen LogP contribution is 2.28. The van der Waals surface area contributed by atoms with E-state index in [1.807, 2.05) is 0 Å². The van der Waals surface area contributed by atoms with E-state index in [2.05, 4.69) is 20.7 Å². The molecule has 0 saturated carbocycles. The van der Waals surface area contributed by atoms with Gasteiger partial charge in [0.15, 0.2) is 0 Å². The molecular formula is C17H16BrNO6S. The summed E-state index contributed by atoms with van der Waals surface area (Å²) in [6.07, 6.45) is 0. The molecule has 138 valence electrons. The Hall–Kier alpha value is -2.39. The van der Waals surface area contributed by atoms with Crippen LogP contribution in [-0.4, -0.2) is 32.1 Å². The van der Waals surface area contributed by atoms with Crippen molar-refractivity contribution >= 4 is 43.6 Å². The summed E-state index contributed by atoms with van der Waals surface area (Å²) in [6.45, 7) is 3.46. The van der Waals surface area contributed by atoms with Crippen molar-refractivity contribution in [3.05, 3.63) is 57.6 Å². The molecule has 0 radical (unpaired) electrons. The maximum absolute atomic E-state index is 12.7. The third-order valence-corrected chi connectivity index (χ3v) is 5.80. The lowest BCUT2D eigenvalue weighted by atomic mass is 10.1. The molecule has 0 aliphatic carbocycles. The molecule has 26 heavy (non-hydrogen) atoms. The molecule has 0 aromatic heterocycles. The number of rotatable bonds is 6. The minimum absolute atomic E-state index is 0.0126. The fourth-order valence-electron chi connectivity index (χ4n) is 2.23. The zero-order valence-corrected chi connectivity index (χ0v) is 16.3. The molecule has 0 saturated heterocycles. The van der Waals surface area contributed by atoms with Crippen LogP contribution < -0.4 is 4.72 Å². The van der Waals surface area contributed by atoms with Gasteiger partial charge in [0.1, 0.15) is 4.90 Å². The van der Waals surface area contributed by atoms with E-state index in [-0.39, 0.29) is 32.8 Å². The standard InChI is InChI=1S/C17H16BrNO6S/c1-3-25-17(22)11-7-8-14(13(18)9-11)26(23,24)19-15-10(2)5-4-6-12(15)16(20)21/h4-9,19H,3H2,1-2H3,(H,20,21). The molecular weight excluding hydrogens is 426 g/mol. The molecule has 0 bridgehead atoms. The SMILES string of the molecule is CCOC(=O)c1ccc(S(=O)(=O)Nc2c(C)cccc2C(=O)O)c(Br)c1. The molecule has 0 atom stereocenters. The van der Waals surface area contributed by atoms with Gasteiger partial charge >= 0.3 is 11.9 Å². The first-order valence-corrected chi connectivity index (χ1v) is 9.77. The van der Waals surface area contributed by atoms with Crippen LogP contribution in [0.25, 0.3) is 0 Å². The van der Waals surface area contributed by atoms with Crippen LogP contribution in [0.4, 0.5) is 5.69 Å². The Morgan fingerprint density at radius 1 is 1.23 bits per heavy atom. The lowest BCUT2D eigenvalue weighted by Gasteiger charge is -2.14. The summed E-state index contributed by atoms with van der Waals surface area (Å²) < 4.78 is 32.8. The van der Waals surface area contributed by atoms with Gasteiger partial charge in [-0.1, -0.05) is 12.1 Å². The molecule has 2 N–H and O–H groups in total. The van der Waals surface area contributed by atoms with Gasteiger partial charge in [-0.05, 0) is 59.6 Å².